The van der Waals surface area contributed by atoms with E-state index in [9.17, 15) is 9.59 Å². The normalized spacial score (nSPS) is 14.6. The van der Waals surface area contributed by atoms with Crippen LogP contribution in [-0.2, 0) is 16.0 Å². The van der Waals surface area contributed by atoms with Crippen molar-refractivity contribution in [2.24, 2.45) is 0 Å². The Morgan fingerprint density at radius 2 is 1.87 bits per heavy atom. The maximum atomic E-state index is 13.7. The summed E-state index contributed by atoms with van der Waals surface area (Å²) in [6.07, 6.45) is 1.41. The Balaban J connectivity index is 1.52. The minimum absolute atomic E-state index is 0.0232. The lowest BCUT2D eigenvalue weighted by Gasteiger charge is -2.37. The van der Waals surface area contributed by atoms with E-state index in [0.29, 0.717) is 54.8 Å². The van der Waals surface area contributed by atoms with Gasteiger partial charge in [0.25, 0.3) is 5.91 Å². The second-order valence-electron chi connectivity index (χ2n) is 9.18. The predicted octanol–water partition coefficient (Wildman–Crippen LogP) is 5.40. The molecule has 9 heteroatoms. The van der Waals surface area contributed by atoms with Gasteiger partial charge in [-0.3, -0.25) is 9.59 Å². The SMILES string of the molecule is COCCCN(CC(=O)N1CCc2sccc2[C@H]1COc1ccc(Cl)c(C)c1)C(=O)c1ccc(OC)cc1. The molecule has 0 saturated carbocycles. The molecule has 202 valence electrons. The fraction of sp³-hybridized carbons (Fsp3) is 0.379. The summed E-state index contributed by atoms with van der Waals surface area (Å²) in [4.78, 5) is 31.9. The molecule has 1 aliphatic heterocycles. The van der Waals surface area contributed by atoms with Crippen LogP contribution in [0.2, 0.25) is 5.02 Å². The van der Waals surface area contributed by atoms with Gasteiger partial charge >= 0.3 is 0 Å². The third kappa shape index (κ3) is 6.67. The molecule has 1 aliphatic rings. The van der Waals surface area contributed by atoms with Gasteiger partial charge in [0.05, 0.1) is 13.2 Å². The van der Waals surface area contributed by atoms with Crippen molar-refractivity contribution >= 4 is 34.8 Å². The van der Waals surface area contributed by atoms with Crippen LogP contribution in [0.5, 0.6) is 11.5 Å². The maximum Gasteiger partial charge on any atom is 0.254 e. The number of halogens is 1. The number of hydrogen-bond acceptors (Lipinski definition) is 6. The number of nitrogens with zero attached hydrogens (tertiary/aromatic N) is 2. The van der Waals surface area contributed by atoms with E-state index in [1.807, 2.05) is 30.0 Å². The lowest BCUT2D eigenvalue weighted by atomic mass is 10.00. The average Bonchev–Trinajstić information content (AvgIpc) is 3.42. The summed E-state index contributed by atoms with van der Waals surface area (Å²) in [5.41, 5.74) is 2.54. The first-order valence-electron chi connectivity index (χ1n) is 12.6. The van der Waals surface area contributed by atoms with E-state index in [2.05, 4.69) is 11.4 Å². The summed E-state index contributed by atoms with van der Waals surface area (Å²) >= 11 is 7.87. The summed E-state index contributed by atoms with van der Waals surface area (Å²) in [5.74, 6) is 1.07. The molecule has 0 radical (unpaired) electrons. The van der Waals surface area contributed by atoms with Gasteiger partial charge < -0.3 is 24.0 Å². The number of fused-ring (bicyclic) bond motifs is 1. The summed E-state index contributed by atoms with van der Waals surface area (Å²) in [6, 6.07) is 14.3. The third-order valence-electron chi connectivity index (χ3n) is 6.68. The van der Waals surface area contributed by atoms with Gasteiger partial charge in [0.2, 0.25) is 5.91 Å². The number of carbonyl (C=O) groups is 2. The Morgan fingerprint density at radius 1 is 1.11 bits per heavy atom. The summed E-state index contributed by atoms with van der Waals surface area (Å²) < 4.78 is 16.6. The second kappa shape index (κ2) is 13.1. The molecule has 0 fully saturated rings. The highest BCUT2D eigenvalue weighted by Gasteiger charge is 2.33. The van der Waals surface area contributed by atoms with Crippen LogP contribution < -0.4 is 9.47 Å². The van der Waals surface area contributed by atoms with Gasteiger partial charge in [0.15, 0.2) is 0 Å². The fourth-order valence-corrected chi connectivity index (χ4v) is 5.62. The number of hydrogen-bond donors (Lipinski definition) is 0. The molecule has 0 unspecified atom stereocenters. The van der Waals surface area contributed by atoms with Gasteiger partial charge in [0.1, 0.15) is 24.7 Å². The lowest BCUT2D eigenvalue weighted by Crippen LogP contribution is -2.48. The van der Waals surface area contributed by atoms with Crippen molar-refractivity contribution in [1.29, 1.82) is 0 Å². The number of carbonyl (C=O) groups excluding carboxylic acids is 2. The zero-order valence-corrected chi connectivity index (χ0v) is 23.5. The molecular formula is C29H33ClN2O5S. The molecule has 1 aromatic heterocycles. The Kier molecular flexibility index (Phi) is 9.66. The first-order valence-corrected chi connectivity index (χ1v) is 13.8. The van der Waals surface area contributed by atoms with E-state index in [1.54, 1.807) is 54.7 Å². The molecule has 2 aromatic carbocycles. The van der Waals surface area contributed by atoms with Gasteiger partial charge in [-0.2, -0.15) is 0 Å². The highest BCUT2D eigenvalue weighted by atomic mass is 35.5. The Hall–Kier alpha value is -3.07. The number of rotatable bonds is 11. The van der Waals surface area contributed by atoms with Crippen molar-refractivity contribution in [3.8, 4) is 11.5 Å². The zero-order chi connectivity index (χ0) is 27.1. The molecule has 0 saturated heterocycles. The minimum Gasteiger partial charge on any atom is -0.497 e. The number of thiophene rings is 1. The molecule has 7 nitrogen and oxygen atoms in total. The number of aryl methyl sites for hydroxylation is 1. The monoisotopic (exact) mass is 556 g/mol. The zero-order valence-electron chi connectivity index (χ0n) is 21.9. The van der Waals surface area contributed by atoms with Crippen LogP contribution in [0.25, 0.3) is 0 Å². The molecule has 0 spiro atoms. The van der Waals surface area contributed by atoms with Crippen LogP contribution in [0.15, 0.2) is 53.9 Å². The van der Waals surface area contributed by atoms with E-state index in [-0.39, 0.29) is 24.4 Å². The van der Waals surface area contributed by atoms with Crippen molar-refractivity contribution < 1.29 is 23.8 Å². The van der Waals surface area contributed by atoms with Crippen LogP contribution >= 0.6 is 22.9 Å². The molecule has 3 aromatic rings. The van der Waals surface area contributed by atoms with Crippen molar-refractivity contribution in [2.75, 3.05) is 47.1 Å². The minimum atomic E-state index is -0.245. The summed E-state index contributed by atoms with van der Waals surface area (Å²) in [7, 11) is 3.21. The standard InChI is InChI=1S/C29H33ClN2O5S/c1-20-17-23(9-10-25(20)30)37-19-26-24-12-16-38-27(24)11-14-32(26)28(33)18-31(13-4-15-35-2)29(34)21-5-7-22(36-3)8-6-21/h5-10,12,16-17,26H,4,11,13-15,18-19H2,1-3H3/t26-/m1/s1. The van der Waals surface area contributed by atoms with Gasteiger partial charge in [-0.1, -0.05) is 11.6 Å². The molecule has 0 aliphatic carbocycles. The number of ether oxygens (including phenoxy) is 3. The smallest absolute Gasteiger partial charge is 0.254 e. The van der Waals surface area contributed by atoms with Gasteiger partial charge in [-0.15, -0.1) is 11.3 Å². The average molecular weight is 557 g/mol. The third-order valence-corrected chi connectivity index (χ3v) is 8.10. The van der Waals surface area contributed by atoms with E-state index >= 15 is 0 Å². The molecule has 0 bridgehead atoms. The predicted molar refractivity (Wildman–Crippen MR) is 150 cm³/mol. The molecule has 38 heavy (non-hydrogen) atoms. The lowest BCUT2D eigenvalue weighted by molar-refractivity contribution is -0.135. The maximum absolute atomic E-state index is 13.7. The highest BCUT2D eigenvalue weighted by molar-refractivity contribution is 7.10. The molecule has 2 amide bonds. The van der Waals surface area contributed by atoms with Crippen LogP contribution in [0, 0.1) is 6.92 Å². The van der Waals surface area contributed by atoms with Gasteiger partial charge in [-0.05, 0) is 84.8 Å². The molecule has 2 heterocycles. The van der Waals surface area contributed by atoms with Crippen LogP contribution in [0.3, 0.4) is 0 Å². The first-order chi connectivity index (χ1) is 18.4. The number of methoxy groups -OCH3 is 2. The van der Waals surface area contributed by atoms with Crippen molar-refractivity contribution in [1.82, 2.24) is 9.80 Å². The Morgan fingerprint density at radius 3 is 2.58 bits per heavy atom. The van der Waals surface area contributed by atoms with Gasteiger partial charge in [-0.25, -0.2) is 0 Å². The quantitative estimate of drug-likeness (QED) is 0.296. The van der Waals surface area contributed by atoms with Crippen molar-refractivity contribution in [3.05, 3.63) is 80.5 Å². The molecule has 0 N–H and O–H groups in total. The Labute approximate surface area is 232 Å². The first kappa shape index (κ1) is 28.0. The van der Waals surface area contributed by atoms with Crippen molar-refractivity contribution in [2.45, 2.75) is 25.8 Å². The van der Waals surface area contributed by atoms with Gasteiger partial charge in [0, 0.05) is 42.3 Å². The largest absolute Gasteiger partial charge is 0.497 e. The second-order valence-corrected chi connectivity index (χ2v) is 10.6. The number of amides is 2. The highest BCUT2D eigenvalue weighted by Crippen LogP contribution is 2.34. The van der Waals surface area contributed by atoms with E-state index < -0.39 is 0 Å². The van der Waals surface area contributed by atoms with Crippen molar-refractivity contribution in [3.63, 3.8) is 0 Å². The summed E-state index contributed by atoms with van der Waals surface area (Å²) in [6.45, 7) is 3.70. The van der Waals surface area contributed by atoms with E-state index in [1.165, 1.54) is 4.88 Å². The van der Waals surface area contributed by atoms with E-state index in [4.69, 9.17) is 25.8 Å². The van der Waals surface area contributed by atoms with Crippen LogP contribution in [0.1, 0.15) is 38.8 Å². The molecule has 1 atom stereocenters. The van der Waals surface area contributed by atoms with Crippen LogP contribution in [0.4, 0.5) is 0 Å². The Bertz CT molecular complexity index is 1250. The molecule has 4 rings (SSSR count). The van der Waals surface area contributed by atoms with E-state index in [0.717, 1.165) is 17.5 Å². The summed E-state index contributed by atoms with van der Waals surface area (Å²) in [5, 5.41) is 2.74. The topological polar surface area (TPSA) is 68.3 Å². The molecular weight excluding hydrogens is 524 g/mol. The van der Waals surface area contributed by atoms with Crippen LogP contribution in [-0.4, -0.2) is 68.7 Å². The number of benzene rings is 2. The fourth-order valence-electron chi connectivity index (χ4n) is 4.58.